The molecule has 0 aliphatic carbocycles. The van der Waals surface area contributed by atoms with Gasteiger partial charge in [-0.3, -0.25) is 4.79 Å². The highest BCUT2D eigenvalue weighted by atomic mass is 79.9. The van der Waals surface area contributed by atoms with Gasteiger partial charge < -0.3 is 10.1 Å². The van der Waals surface area contributed by atoms with Gasteiger partial charge in [-0.15, -0.1) is 0 Å². The fourth-order valence-electron chi connectivity index (χ4n) is 2.64. The van der Waals surface area contributed by atoms with Crippen LogP contribution in [-0.2, 0) is 4.79 Å². The summed E-state index contributed by atoms with van der Waals surface area (Å²) < 4.78 is 7.47. The Balaban J connectivity index is 1.78. The van der Waals surface area contributed by atoms with Crippen molar-refractivity contribution < 1.29 is 9.53 Å². The third kappa shape index (κ3) is 6.59. The van der Waals surface area contributed by atoms with Crippen LogP contribution < -0.4 is 10.1 Å². The number of rotatable bonds is 6. The average Bonchev–Trinajstić information content (AvgIpc) is 2.74. The molecule has 4 nitrogen and oxygen atoms in total. The Labute approximate surface area is 206 Å². The molecule has 156 valence electrons. The third-order valence-corrected chi connectivity index (χ3v) is 5.87. The minimum absolute atomic E-state index is 0.219. The van der Waals surface area contributed by atoms with E-state index in [0.29, 0.717) is 32.6 Å². The van der Waals surface area contributed by atoms with Gasteiger partial charge in [0.2, 0.25) is 0 Å². The molecule has 31 heavy (non-hydrogen) atoms. The summed E-state index contributed by atoms with van der Waals surface area (Å²) in [6.07, 6.45) is 1.72. The fourth-order valence-corrected chi connectivity index (χ4v) is 3.58. The molecule has 0 aliphatic rings. The number of halogens is 4. The van der Waals surface area contributed by atoms with Crippen LogP contribution in [0.1, 0.15) is 11.1 Å². The first kappa shape index (κ1) is 23.4. The third-order valence-electron chi connectivity index (χ3n) is 4.11. The number of hydrogen-bond donors (Lipinski definition) is 1. The molecular formula is C23H14Br2Cl2N2O2. The molecule has 0 aromatic heterocycles. The number of anilines is 1. The van der Waals surface area contributed by atoms with Crippen LogP contribution in [0.2, 0.25) is 10.0 Å². The van der Waals surface area contributed by atoms with Crippen molar-refractivity contribution in [1.29, 1.82) is 5.26 Å². The van der Waals surface area contributed by atoms with Gasteiger partial charge in [-0.25, -0.2) is 0 Å². The molecule has 1 amide bonds. The lowest BCUT2D eigenvalue weighted by Gasteiger charge is -2.11. The zero-order valence-corrected chi connectivity index (χ0v) is 20.5. The van der Waals surface area contributed by atoms with Crippen LogP contribution in [0.3, 0.4) is 0 Å². The summed E-state index contributed by atoms with van der Waals surface area (Å²) in [5.41, 5.74) is 2.42. The van der Waals surface area contributed by atoms with Crippen molar-refractivity contribution in [2.24, 2.45) is 0 Å². The molecule has 8 heteroatoms. The Kier molecular flexibility index (Phi) is 8.16. The maximum atomic E-state index is 12.3. The van der Waals surface area contributed by atoms with E-state index in [1.807, 2.05) is 30.3 Å². The number of nitriles is 1. The molecule has 0 atom stereocenters. The van der Waals surface area contributed by atoms with Gasteiger partial charge in [0.15, 0.2) is 6.61 Å². The van der Waals surface area contributed by atoms with Crippen LogP contribution in [-0.4, -0.2) is 12.5 Å². The second-order valence-corrected chi connectivity index (χ2v) is 8.97. The molecule has 0 heterocycles. The lowest BCUT2D eigenvalue weighted by molar-refractivity contribution is -0.118. The first-order valence-electron chi connectivity index (χ1n) is 8.90. The maximum absolute atomic E-state index is 12.3. The number of hydrogen-bond acceptors (Lipinski definition) is 3. The molecule has 3 aromatic carbocycles. The van der Waals surface area contributed by atoms with Crippen LogP contribution >= 0.6 is 55.1 Å². The van der Waals surface area contributed by atoms with E-state index in [4.69, 9.17) is 27.9 Å². The molecule has 3 rings (SSSR count). The number of amides is 1. The van der Waals surface area contributed by atoms with Crippen molar-refractivity contribution in [3.63, 3.8) is 0 Å². The van der Waals surface area contributed by atoms with Gasteiger partial charge in [0.25, 0.3) is 5.91 Å². The van der Waals surface area contributed by atoms with Crippen LogP contribution in [0, 0.1) is 11.3 Å². The zero-order valence-electron chi connectivity index (χ0n) is 15.8. The fraction of sp³-hybridized carbons (Fsp3) is 0.0435. The Morgan fingerprint density at radius 2 is 1.71 bits per heavy atom. The van der Waals surface area contributed by atoms with Gasteiger partial charge in [0.1, 0.15) is 5.75 Å². The van der Waals surface area contributed by atoms with Crippen molar-refractivity contribution >= 4 is 78.3 Å². The number of ether oxygens (including phenoxy) is 1. The van der Waals surface area contributed by atoms with Gasteiger partial charge in [-0.2, -0.15) is 5.26 Å². The van der Waals surface area contributed by atoms with Crippen molar-refractivity contribution in [2.75, 3.05) is 11.9 Å². The summed E-state index contributed by atoms with van der Waals surface area (Å²) in [5, 5.41) is 13.1. The Morgan fingerprint density at radius 3 is 2.39 bits per heavy atom. The maximum Gasteiger partial charge on any atom is 0.262 e. The van der Waals surface area contributed by atoms with Crippen molar-refractivity contribution in [2.45, 2.75) is 0 Å². The first-order chi connectivity index (χ1) is 14.9. The number of allylic oxidation sites excluding steroid dienone is 1. The summed E-state index contributed by atoms with van der Waals surface area (Å²) in [6.45, 7) is -0.219. The number of carbonyl (C=O) groups excluding carboxylic acids is 1. The van der Waals surface area contributed by atoms with E-state index >= 15 is 0 Å². The molecular weight excluding hydrogens is 567 g/mol. The van der Waals surface area contributed by atoms with E-state index in [0.717, 1.165) is 14.5 Å². The Bertz CT molecular complexity index is 1190. The highest BCUT2D eigenvalue weighted by Gasteiger charge is 2.10. The molecule has 0 bridgehead atoms. The monoisotopic (exact) mass is 578 g/mol. The Morgan fingerprint density at radius 1 is 1.00 bits per heavy atom. The number of carbonyl (C=O) groups is 1. The van der Waals surface area contributed by atoms with Crippen LogP contribution in [0.5, 0.6) is 5.75 Å². The summed E-state index contributed by atoms with van der Waals surface area (Å²) in [7, 11) is 0. The molecule has 0 saturated heterocycles. The van der Waals surface area contributed by atoms with E-state index in [-0.39, 0.29) is 12.5 Å². The van der Waals surface area contributed by atoms with Gasteiger partial charge in [0, 0.05) is 20.2 Å². The molecule has 0 saturated carbocycles. The SMILES string of the molecule is N#C/C(=C\c1cc(Br)ccc1OCC(=O)Nc1ccc(Cl)c(Cl)c1)c1ccc(Br)cc1. The molecule has 0 fully saturated rings. The molecule has 0 spiro atoms. The van der Waals surface area contributed by atoms with Gasteiger partial charge in [-0.1, -0.05) is 67.2 Å². The average molecular weight is 581 g/mol. The van der Waals surface area contributed by atoms with E-state index in [2.05, 4.69) is 43.2 Å². The van der Waals surface area contributed by atoms with Gasteiger partial charge in [0.05, 0.1) is 21.7 Å². The summed E-state index contributed by atoms with van der Waals surface area (Å²) >= 11 is 18.7. The van der Waals surface area contributed by atoms with E-state index in [1.54, 1.807) is 36.4 Å². The summed E-state index contributed by atoms with van der Waals surface area (Å²) in [4.78, 5) is 12.3. The van der Waals surface area contributed by atoms with Gasteiger partial charge in [-0.05, 0) is 60.2 Å². The predicted molar refractivity (Wildman–Crippen MR) is 132 cm³/mol. The highest BCUT2D eigenvalue weighted by Crippen LogP contribution is 2.29. The summed E-state index contributed by atoms with van der Waals surface area (Å²) in [5.74, 6) is 0.113. The van der Waals surface area contributed by atoms with Crippen LogP contribution in [0.25, 0.3) is 11.6 Å². The normalized spacial score (nSPS) is 11.0. The van der Waals surface area contributed by atoms with Crippen LogP contribution in [0.4, 0.5) is 5.69 Å². The molecule has 3 aromatic rings. The van der Waals surface area contributed by atoms with E-state index in [9.17, 15) is 10.1 Å². The number of nitrogens with one attached hydrogen (secondary N) is 1. The second kappa shape index (κ2) is 10.8. The van der Waals surface area contributed by atoms with Crippen molar-refractivity contribution in [1.82, 2.24) is 0 Å². The second-order valence-electron chi connectivity index (χ2n) is 6.32. The van der Waals surface area contributed by atoms with E-state index < -0.39 is 0 Å². The molecule has 1 N–H and O–H groups in total. The standard InChI is InChI=1S/C23H14Br2Cl2N2O2/c24-17-3-1-14(2-4-17)16(12-28)9-15-10-18(25)5-8-22(15)31-13-23(30)29-19-6-7-20(26)21(27)11-19/h1-11H,13H2,(H,29,30)/b16-9+. The lowest BCUT2D eigenvalue weighted by Crippen LogP contribution is -2.20. The van der Waals surface area contributed by atoms with Crippen molar-refractivity contribution in [3.05, 3.63) is 90.8 Å². The number of nitrogens with zero attached hydrogens (tertiary/aromatic N) is 1. The molecule has 0 unspecified atom stereocenters. The minimum Gasteiger partial charge on any atom is -0.483 e. The summed E-state index contributed by atoms with van der Waals surface area (Å²) in [6, 6.07) is 19.8. The van der Waals surface area contributed by atoms with Crippen LogP contribution in [0.15, 0.2) is 69.6 Å². The quantitative estimate of drug-likeness (QED) is 0.241. The van der Waals surface area contributed by atoms with Crippen molar-refractivity contribution in [3.8, 4) is 11.8 Å². The smallest absolute Gasteiger partial charge is 0.262 e. The highest BCUT2D eigenvalue weighted by molar-refractivity contribution is 9.10. The molecule has 0 aliphatic heterocycles. The lowest BCUT2D eigenvalue weighted by atomic mass is 10.0. The Hall–Kier alpha value is -2.30. The van der Waals surface area contributed by atoms with E-state index in [1.165, 1.54) is 0 Å². The van der Waals surface area contributed by atoms with Gasteiger partial charge >= 0.3 is 0 Å². The largest absolute Gasteiger partial charge is 0.483 e. The number of benzene rings is 3. The first-order valence-corrected chi connectivity index (χ1v) is 11.2. The zero-order chi connectivity index (χ0) is 22.4. The molecule has 0 radical (unpaired) electrons. The minimum atomic E-state index is -0.357. The predicted octanol–water partition coefficient (Wildman–Crippen LogP) is 7.60. The topological polar surface area (TPSA) is 62.1 Å².